The summed E-state index contributed by atoms with van der Waals surface area (Å²) >= 11 is 0. The van der Waals surface area contributed by atoms with E-state index in [2.05, 4.69) is 21.6 Å². The van der Waals surface area contributed by atoms with Gasteiger partial charge >= 0.3 is 0 Å². The van der Waals surface area contributed by atoms with E-state index in [4.69, 9.17) is 12.8 Å². The normalized spacial score (nSPS) is 26.1. The minimum atomic E-state index is -0.140. The summed E-state index contributed by atoms with van der Waals surface area (Å²) in [7, 11) is 0. The van der Waals surface area contributed by atoms with Gasteiger partial charge in [-0.15, -0.1) is 24.7 Å². The van der Waals surface area contributed by atoms with Gasteiger partial charge in [-0.25, -0.2) is 0 Å². The van der Waals surface area contributed by atoms with Gasteiger partial charge in [0.2, 0.25) is 11.8 Å². The van der Waals surface area contributed by atoms with Crippen LogP contribution in [0.3, 0.4) is 0 Å². The van der Waals surface area contributed by atoms with Crippen molar-refractivity contribution in [3.8, 4) is 24.7 Å². The fourth-order valence-corrected chi connectivity index (χ4v) is 4.85. The van der Waals surface area contributed by atoms with E-state index in [0.717, 1.165) is 97.6 Å². The highest BCUT2D eigenvalue weighted by atomic mass is 16.2. The summed E-state index contributed by atoms with van der Waals surface area (Å²) in [6.45, 7) is 8.27. The Morgan fingerprint density at radius 1 is 0.690 bits per heavy atom. The maximum absolute atomic E-state index is 13.2. The van der Waals surface area contributed by atoms with Gasteiger partial charge < -0.3 is 9.80 Å². The van der Waals surface area contributed by atoms with Crippen molar-refractivity contribution >= 4 is 11.8 Å². The van der Waals surface area contributed by atoms with Gasteiger partial charge in [0.25, 0.3) is 0 Å². The zero-order chi connectivity index (χ0) is 20.6. The molecule has 29 heavy (non-hydrogen) atoms. The van der Waals surface area contributed by atoms with E-state index >= 15 is 0 Å². The molecule has 3 rings (SSSR count). The highest BCUT2D eigenvalue weighted by Crippen LogP contribution is 2.35. The third-order valence-corrected chi connectivity index (χ3v) is 6.66. The molecule has 2 amide bonds. The summed E-state index contributed by atoms with van der Waals surface area (Å²) in [5, 5.41) is 0. The molecule has 1 aliphatic carbocycles. The third kappa shape index (κ3) is 5.53. The molecule has 0 aromatic carbocycles. The van der Waals surface area contributed by atoms with Gasteiger partial charge in [-0.3, -0.25) is 19.4 Å². The van der Waals surface area contributed by atoms with E-state index in [0.29, 0.717) is 0 Å². The van der Waals surface area contributed by atoms with Crippen LogP contribution < -0.4 is 0 Å². The van der Waals surface area contributed by atoms with Crippen LogP contribution in [0.5, 0.6) is 0 Å². The topological polar surface area (TPSA) is 47.1 Å². The largest absolute Gasteiger partial charge is 0.340 e. The molecule has 0 bridgehead atoms. The number of terminal acetylenes is 2. The number of hydrogen-bond donors (Lipinski definition) is 0. The molecule has 3 aliphatic rings. The van der Waals surface area contributed by atoms with Crippen LogP contribution in [0.1, 0.15) is 32.1 Å². The van der Waals surface area contributed by atoms with Crippen LogP contribution in [0.25, 0.3) is 0 Å². The summed E-state index contributed by atoms with van der Waals surface area (Å²) in [4.78, 5) is 34.9. The molecule has 2 heterocycles. The Morgan fingerprint density at radius 2 is 1.07 bits per heavy atom. The Bertz CT molecular complexity index is 593. The molecule has 0 unspecified atom stereocenters. The molecule has 1 saturated carbocycles. The molecule has 2 atom stereocenters. The molecule has 2 saturated heterocycles. The highest BCUT2D eigenvalue weighted by molar-refractivity contribution is 5.88. The Balaban J connectivity index is 1.49. The predicted octanol–water partition coefficient (Wildman–Crippen LogP) is 0.738. The van der Waals surface area contributed by atoms with Gasteiger partial charge in [0.15, 0.2) is 0 Å². The van der Waals surface area contributed by atoms with E-state index in [1.54, 1.807) is 0 Å². The molecule has 6 heteroatoms. The summed E-state index contributed by atoms with van der Waals surface area (Å²) < 4.78 is 0. The van der Waals surface area contributed by atoms with Crippen LogP contribution in [0.15, 0.2) is 0 Å². The molecule has 158 valence electrons. The lowest BCUT2D eigenvalue weighted by atomic mass is 9.92. The molecule has 0 N–H and O–H groups in total. The van der Waals surface area contributed by atoms with Crippen molar-refractivity contribution in [3.63, 3.8) is 0 Å². The van der Waals surface area contributed by atoms with Gasteiger partial charge in [-0.05, 0) is 12.8 Å². The van der Waals surface area contributed by atoms with Crippen LogP contribution in [0.4, 0.5) is 0 Å². The Kier molecular flexibility index (Phi) is 7.98. The number of rotatable bonds is 6. The number of amides is 2. The Morgan fingerprint density at radius 3 is 1.41 bits per heavy atom. The first kappa shape index (κ1) is 21.7. The molecular weight excluding hydrogens is 364 g/mol. The summed E-state index contributed by atoms with van der Waals surface area (Å²) in [6.07, 6.45) is 14.9. The second-order valence-electron chi connectivity index (χ2n) is 8.39. The summed E-state index contributed by atoms with van der Waals surface area (Å²) in [6, 6.07) is 0. The minimum absolute atomic E-state index is 0.140. The quantitative estimate of drug-likeness (QED) is 0.619. The van der Waals surface area contributed by atoms with E-state index in [1.165, 1.54) is 0 Å². The molecule has 0 aromatic rings. The molecule has 0 spiro atoms. The number of nitrogens with zero attached hydrogens (tertiary/aromatic N) is 4. The molecule has 3 fully saturated rings. The Hall–Kier alpha value is -2.02. The number of piperazine rings is 2. The van der Waals surface area contributed by atoms with Crippen LogP contribution >= 0.6 is 0 Å². The van der Waals surface area contributed by atoms with Crippen LogP contribution in [-0.4, -0.2) is 96.9 Å². The standard InChI is InChI=1S/C23H34N4O2/c1-3-5-10-24-12-16-26(17-13-24)22(28)20-8-7-9-21(20)23(29)27-18-14-25(15-19-27)11-6-4-2/h1-2,20-21H,5-19H2/t20-,21+. The lowest BCUT2D eigenvalue weighted by molar-refractivity contribution is -0.147. The molecule has 2 aliphatic heterocycles. The van der Waals surface area contributed by atoms with Crippen LogP contribution in [0, 0.1) is 36.5 Å². The average Bonchev–Trinajstić information content (AvgIpc) is 3.26. The van der Waals surface area contributed by atoms with Gasteiger partial charge in [-0.1, -0.05) is 6.42 Å². The van der Waals surface area contributed by atoms with Crippen molar-refractivity contribution in [2.45, 2.75) is 32.1 Å². The fourth-order valence-electron chi connectivity index (χ4n) is 4.85. The SMILES string of the molecule is C#CCCN1CCN(C(=O)[C@H]2CCC[C@H]2C(=O)N2CCN(CCC#C)CC2)CC1. The first-order valence-corrected chi connectivity index (χ1v) is 11.0. The van der Waals surface area contributed by atoms with Crippen LogP contribution in [0.2, 0.25) is 0 Å². The Labute approximate surface area is 175 Å². The second kappa shape index (κ2) is 10.7. The zero-order valence-electron chi connectivity index (χ0n) is 17.5. The molecule has 0 radical (unpaired) electrons. The molecule has 0 aromatic heterocycles. The summed E-state index contributed by atoms with van der Waals surface area (Å²) in [5.74, 6) is 5.45. The average molecular weight is 399 g/mol. The van der Waals surface area contributed by atoms with E-state index < -0.39 is 0 Å². The number of carbonyl (C=O) groups is 2. The smallest absolute Gasteiger partial charge is 0.226 e. The van der Waals surface area contributed by atoms with Crippen molar-refractivity contribution in [2.75, 3.05) is 65.4 Å². The van der Waals surface area contributed by atoms with Gasteiger partial charge in [0.1, 0.15) is 0 Å². The monoisotopic (exact) mass is 398 g/mol. The van der Waals surface area contributed by atoms with Crippen molar-refractivity contribution in [1.82, 2.24) is 19.6 Å². The maximum Gasteiger partial charge on any atom is 0.226 e. The lowest BCUT2D eigenvalue weighted by Crippen LogP contribution is -2.53. The maximum atomic E-state index is 13.2. The molecular formula is C23H34N4O2. The van der Waals surface area contributed by atoms with E-state index in [-0.39, 0.29) is 23.7 Å². The molecule has 6 nitrogen and oxygen atoms in total. The van der Waals surface area contributed by atoms with E-state index in [9.17, 15) is 9.59 Å². The van der Waals surface area contributed by atoms with Crippen molar-refractivity contribution in [1.29, 1.82) is 0 Å². The van der Waals surface area contributed by atoms with Crippen molar-refractivity contribution < 1.29 is 9.59 Å². The summed E-state index contributed by atoms with van der Waals surface area (Å²) in [5.41, 5.74) is 0. The first-order valence-electron chi connectivity index (χ1n) is 11.0. The first-order chi connectivity index (χ1) is 14.1. The van der Waals surface area contributed by atoms with E-state index in [1.807, 2.05) is 9.80 Å². The minimum Gasteiger partial charge on any atom is -0.340 e. The van der Waals surface area contributed by atoms with Crippen molar-refractivity contribution in [2.24, 2.45) is 11.8 Å². The van der Waals surface area contributed by atoms with Gasteiger partial charge in [-0.2, -0.15) is 0 Å². The highest BCUT2D eigenvalue weighted by Gasteiger charge is 2.42. The third-order valence-electron chi connectivity index (χ3n) is 6.66. The predicted molar refractivity (Wildman–Crippen MR) is 114 cm³/mol. The van der Waals surface area contributed by atoms with Gasteiger partial charge in [0.05, 0.1) is 0 Å². The number of carbonyl (C=O) groups excluding carboxylic acids is 2. The van der Waals surface area contributed by atoms with Gasteiger partial charge in [0, 0.05) is 90.1 Å². The number of hydrogen-bond acceptors (Lipinski definition) is 4. The fraction of sp³-hybridized carbons (Fsp3) is 0.739. The second-order valence-corrected chi connectivity index (χ2v) is 8.39. The van der Waals surface area contributed by atoms with Crippen LogP contribution in [-0.2, 0) is 9.59 Å². The zero-order valence-corrected chi connectivity index (χ0v) is 17.5. The van der Waals surface area contributed by atoms with Crippen molar-refractivity contribution in [3.05, 3.63) is 0 Å². The lowest BCUT2D eigenvalue weighted by Gasteiger charge is -2.38.